The molecule has 0 N–H and O–H groups in total. The van der Waals surface area contributed by atoms with Gasteiger partial charge in [0, 0.05) is 0 Å². The molecule has 0 aliphatic carbocycles. The SMILES string of the molecule is C=C(/C=C\C(=C)C(C)CC)OC(C)(C)CC. The molecule has 0 fully saturated rings. The van der Waals surface area contributed by atoms with Gasteiger partial charge in [-0.1, -0.05) is 45.6 Å². The Morgan fingerprint density at radius 2 is 1.81 bits per heavy atom. The summed E-state index contributed by atoms with van der Waals surface area (Å²) in [6.07, 6.45) is 5.98. The lowest BCUT2D eigenvalue weighted by Crippen LogP contribution is -2.21. The first-order chi connectivity index (χ1) is 7.32. The summed E-state index contributed by atoms with van der Waals surface area (Å²) in [6, 6.07) is 0. The van der Waals surface area contributed by atoms with E-state index >= 15 is 0 Å². The van der Waals surface area contributed by atoms with Crippen LogP contribution in [0.5, 0.6) is 0 Å². The predicted molar refractivity (Wildman–Crippen MR) is 72.3 cm³/mol. The molecule has 0 radical (unpaired) electrons. The van der Waals surface area contributed by atoms with E-state index in [1.165, 1.54) is 0 Å². The first-order valence-corrected chi connectivity index (χ1v) is 6.07. The summed E-state index contributed by atoms with van der Waals surface area (Å²) in [5, 5.41) is 0. The number of hydrogen-bond acceptors (Lipinski definition) is 1. The van der Waals surface area contributed by atoms with E-state index in [1.807, 2.05) is 12.2 Å². The van der Waals surface area contributed by atoms with E-state index in [0.717, 1.165) is 18.4 Å². The Morgan fingerprint density at radius 3 is 2.25 bits per heavy atom. The quantitative estimate of drug-likeness (QED) is 0.441. The van der Waals surface area contributed by atoms with Gasteiger partial charge in [-0.05, 0) is 38.7 Å². The van der Waals surface area contributed by atoms with Crippen molar-refractivity contribution in [3.8, 4) is 0 Å². The highest BCUT2D eigenvalue weighted by Gasteiger charge is 2.16. The van der Waals surface area contributed by atoms with Gasteiger partial charge in [-0.25, -0.2) is 0 Å². The molecule has 0 saturated heterocycles. The van der Waals surface area contributed by atoms with Crippen molar-refractivity contribution in [2.24, 2.45) is 5.92 Å². The van der Waals surface area contributed by atoms with Crippen LogP contribution in [0.2, 0.25) is 0 Å². The monoisotopic (exact) mass is 222 g/mol. The van der Waals surface area contributed by atoms with Crippen LogP contribution < -0.4 is 0 Å². The van der Waals surface area contributed by atoms with Gasteiger partial charge >= 0.3 is 0 Å². The van der Waals surface area contributed by atoms with Crippen molar-refractivity contribution in [3.63, 3.8) is 0 Å². The van der Waals surface area contributed by atoms with Gasteiger partial charge in [0.15, 0.2) is 0 Å². The maximum absolute atomic E-state index is 5.73. The van der Waals surface area contributed by atoms with Crippen LogP contribution in [0.25, 0.3) is 0 Å². The molecule has 0 heterocycles. The van der Waals surface area contributed by atoms with Gasteiger partial charge in [-0.2, -0.15) is 0 Å². The summed E-state index contributed by atoms with van der Waals surface area (Å²) >= 11 is 0. The smallest absolute Gasteiger partial charge is 0.112 e. The number of hydrogen-bond donors (Lipinski definition) is 0. The van der Waals surface area contributed by atoms with Crippen LogP contribution in [0.3, 0.4) is 0 Å². The van der Waals surface area contributed by atoms with E-state index < -0.39 is 0 Å². The molecule has 0 aromatic heterocycles. The molecule has 0 aromatic rings. The summed E-state index contributed by atoms with van der Waals surface area (Å²) in [4.78, 5) is 0. The van der Waals surface area contributed by atoms with Crippen LogP contribution in [-0.4, -0.2) is 5.60 Å². The fraction of sp³-hybridized carbons (Fsp3) is 0.600. The van der Waals surface area contributed by atoms with E-state index in [4.69, 9.17) is 4.74 Å². The Balaban J connectivity index is 4.25. The zero-order valence-corrected chi connectivity index (χ0v) is 11.5. The molecule has 0 aromatic carbocycles. The molecule has 1 heteroatoms. The number of rotatable bonds is 7. The topological polar surface area (TPSA) is 9.23 Å². The van der Waals surface area contributed by atoms with E-state index in [-0.39, 0.29) is 5.60 Å². The molecule has 92 valence electrons. The average molecular weight is 222 g/mol. The van der Waals surface area contributed by atoms with Gasteiger partial charge in [0.05, 0.1) is 0 Å². The Morgan fingerprint density at radius 1 is 1.25 bits per heavy atom. The third kappa shape index (κ3) is 5.79. The van der Waals surface area contributed by atoms with Crippen LogP contribution in [0.15, 0.2) is 36.6 Å². The zero-order valence-electron chi connectivity index (χ0n) is 11.5. The molecule has 1 atom stereocenters. The van der Waals surface area contributed by atoms with Gasteiger partial charge in [-0.15, -0.1) is 0 Å². The lowest BCUT2D eigenvalue weighted by atomic mass is 10.00. The molecule has 16 heavy (non-hydrogen) atoms. The summed E-state index contributed by atoms with van der Waals surface area (Å²) in [7, 11) is 0. The maximum Gasteiger partial charge on any atom is 0.112 e. The second-order valence-corrected chi connectivity index (χ2v) is 4.90. The molecular formula is C15H26O. The Bertz CT molecular complexity index is 271. The summed E-state index contributed by atoms with van der Waals surface area (Å²) < 4.78 is 5.73. The Hall–Kier alpha value is -0.980. The van der Waals surface area contributed by atoms with Crippen molar-refractivity contribution < 1.29 is 4.74 Å². The van der Waals surface area contributed by atoms with Crippen LogP contribution in [-0.2, 0) is 4.74 Å². The molecule has 0 rings (SSSR count). The third-order valence-electron chi connectivity index (χ3n) is 2.99. The van der Waals surface area contributed by atoms with Gasteiger partial charge in [0.2, 0.25) is 0 Å². The van der Waals surface area contributed by atoms with Crippen molar-refractivity contribution in [1.29, 1.82) is 0 Å². The second kappa shape index (κ2) is 6.57. The van der Waals surface area contributed by atoms with Crippen LogP contribution in [0, 0.1) is 5.92 Å². The highest BCUT2D eigenvalue weighted by atomic mass is 16.5. The molecule has 1 unspecified atom stereocenters. The Kier molecular flexibility index (Phi) is 6.17. The predicted octanol–water partition coefficient (Wildman–Crippen LogP) is 4.86. The van der Waals surface area contributed by atoms with E-state index in [0.29, 0.717) is 11.7 Å². The van der Waals surface area contributed by atoms with Gasteiger partial charge in [-0.3, -0.25) is 0 Å². The van der Waals surface area contributed by atoms with E-state index in [1.54, 1.807) is 0 Å². The fourth-order valence-corrected chi connectivity index (χ4v) is 1.09. The standard InChI is InChI=1S/C15H26O/c1-8-12(3)13(4)10-11-14(5)16-15(6,7)9-2/h10-12H,4-5,8-9H2,1-3,6-7H3/b11-10-. The minimum absolute atomic E-state index is 0.140. The number of ether oxygens (including phenoxy) is 1. The fourth-order valence-electron chi connectivity index (χ4n) is 1.09. The molecule has 0 bridgehead atoms. The van der Waals surface area contributed by atoms with Gasteiger partial charge < -0.3 is 4.74 Å². The molecule has 0 saturated carbocycles. The normalized spacial score (nSPS) is 13.8. The van der Waals surface area contributed by atoms with Crippen molar-refractivity contribution >= 4 is 0 Å². The summed E-state index contributed by atoms with van der Waals surface area (Å²) in [5.41, 5.74) is 0.987. The second-order valence-electron chi connectivity index (χ2n) is 4.90. The molecule has 1 nitrogen and oxygen atoms in total. The van der Waals surface area contributed by atoms with E-state index in [9.17, 15) is 0 Å². The molecule has 0 amide bonds. The first kappa shape index (κ1) is 15.0. The zero-order chi connectivity index (χ0) is 12.8. The van der Waals surface area contributed by atoms with Crippen LogP contribution in [0.1, 0.15) is 47.5 Å². The van der Waals surface area contributed by atoms with Crippen molar-refractivity contribution in [2.45, 2.75) is 53.1 Å². The van der Waals surface area contributed by atoms with Crippen molar-refractivity contribution in [3.05, 3.63) is 36.6 Å². The average Bonchev–Trinajstić information content (AvgIpc) is 2.24. The minimum Gasteiger partial charge on any atom is -0.489 e. The van der Waals surface area contributed by atoms with Crippen molar-refractivity contribution in [2.75, 3.05) is 0 Å². The van der Waals surface area contributed by atoms with Crippen molar-refractivity contribution in [1.82, 2.24) is 0 Å². The van der Waals surface area contributed by atoms with Crippen LogP contribution >= 0.6 is 0 Å². The Labute approximate surface area is 101 Å². The largest absolute Gasteiger partial charge is 0.489 e. The molecule has 0 aliphatic rings. The lowest BCUT2D eigenvalue weighted by molar-refractivity contribution is 0.0396. The minimum atomic E-state index is -0.140. The highest BCUT2D eigenvalue weighted by molar-refractivity contribution is 5.23. The highest BCUT2D eigenvalue weighted by Crippen LogP contribution is 2.19. The summed E-state index contributed by atoms with van der Waals surface area (Å²) in [5.74, 6) is 1.22. The van der Waals surface area contributed by atoms with Gasteiger partial charge in [0.1, 0.15) is 11.4 Å². The maximum atomic E-state index is 5.73. The molecular weight excluding hydrogens is 196 g/mol. The number of allylic oxidation sites excluding steroid dienone is 3. The summed E-state index contributed by atoms with van der Waals surface area (Å²) in [6.45, 7) is 18.5. The molecule has 0 spiro atoms. The first-order valence-electron chi connectivity index (χ1n) is 6.07. The van der Waals surface area contributed by atoms with Crippen LogP contribution in [0.4, 0.5) is 0 Å². The molecule has 0 aliphatic heterocycles. The van der Waals surface area contributed by atoms with Gasteiger partial charge in [0.25, 0.3) is 0 Å². The lowest BCUT2D eigenvalue weighted by Gasteiger charge is -2.25. The third-order valence-corrected chi connectivity index (χ3v) is 2.99. The van der Waals surface area contributed by atoms with E-state index in [2.05, 4.69) is 47.8 Å².